The van der Waals surface area contributed by atoms with Gasteiger partial charge in [0.25, 0.3) is 10.0 Å². The van der Waals surface area contributed by atoms with Crippen molar-refractivity contribution in [1.29, 1.82) is 0 Å². The number of pyridine rings is 1. The molecular weight excluding hydrogens is 758 g/mol. The molecule has 0 bridgehead atoms. The van der Waals surface area contributed by atoms with Gasteiger partial charge in [0.2, 0.25) is 5.91 Å². The summed E-state index contributed by atoms with van der Waals surface area (Å²) in [5.74, 6) is -0.193. The van der Waals surface area contributed by atoms with Crippen LogP contribution in [0.5, 0.6) is 5.75 Å². The van der Waals surface area contributed by atoms with Crippen LogP contribution in [-0.4, -0.2) is 102 Å². The fourth-order valence-corrected chi connectivity index (χ4v) is 9.23. The normalized spacial score (nSPS) is 18.7. The van der Waals surface area contributed by atoms with Crippen LogP contribution in [0.25, 0.3) is 0 Å². The number of hydrogen-bond acceptors (Lipinski definition) is 8. The molecule has 1 atom stereocenters. The number of nitrogens with one attached hydrogen (secondary N) is 2. The van der Waals surface area contributed by atoms with Crippen molar-refractivity contribution < 1.29 is 27.9 Å². The van der Waals surface area contributed by atoms with Gasteiger partial charge in [0.1, 0.15) is 16.7 Å². The van der Waals surface area contributed by atoms with Crippen LogP contribution >= 0.6 is 31.9 Å². The lowest BCUT2D eigenvalue weighted by atomic mass is 10.0. The Balaban J connectivity index is 1.14. The van der Waals surface area contributed by atoms with Crippen molar-refractivity contribution in [2.75, 3.05) is 49.5 Å². The predicted molar refractivity (Wildman–Crippen MR) is 182 cm³/mol. The molecule has 248 valence electrons. The number of piperazine rings is 1. The Morgan fingerprint density at radius 2 is 1.60 bits per heavy atom. The third-order valence-corrected chi connectivity index (χ3v) is 11.8. The number of aromatic hydroxyl groups is 1. The van der Waals surface area contributed by atoms with E-state index in [2.05, 4.69) is 52.4 Å². The Morgan fingerprint density at radius 1 is 0.957 bits per heavy atom. The van der Waals surface area contributed by atoms with Gasteiger partial charge < -0.3 is 30.4 Å². The highest BCUT2D eigenvalue weighted by Gasteiger charge is 2.42. The van der Waals surface area contributed by atoms with Crippen LogP contribution in [0.15, 0.2) is 74.8 Å². The number of phenolic OH excluding ortho intramolecular Hbond substituents is 1. The largest absolute Gasteiger partial charge is 0.506 e. The highest BCUT2D eigenvalue weighted by Crippen LogP contribution is 2.35. The summed E-state index contributed by atoms with van der Waals surface area (Å²) < 4.78 is 28.5. The second-order valence-electron chi connectivity index (χ2n) is 11.6. The first-order chi connectivity index (χ1) is 22.5. The number of anilines is 2. The molecule has 3 aliphatic heterocycles. The smallest absolute Gasteiger partial charge is 0.336 e. The molecule has 3 aromatic rings. The second kappa shape index (κ2) is 13.7. The minimum atomic E-state index is -4.06. The molecule has 16 heteroatoms. The number of phenols is 1. The Hall–Kier alpha value is -3.89. The summed E-state index contributed by atoms with van der Waals surface area (Å²) in [7, 11) is -4.06. The van der Waals surface area contributed by atoms with Gasteiger partial charge in [-0.15, -0.1) is 0 Å². The fraction of sp³-hybridized carbons (Fsp3) is 0.355. The van der Waals surface area contributed by atoms with Crippen LogP contribution in [0.2, 0.25) is 0 Å². The molecule has 4 heterocycles. The van der Waals surface area contributed by atoms with Crippen molar-refractivity contribution in [1.82, 2.24) is 24.4 Å². The molecule has 13 nitrogen and oxygen atoms in total. The summed E-state index contributed by atoms with van der Waals surface area (Å²) in [4.78, 5) is 50.0. The van der Waals surface area contributed by atoms with Crippen molar-refractivity contribution in [2.45, 2.75) is 36.2 Å². The van der Waals surface area contributed by atoms with Gasteiger partial charge in [0.05, 0.1) is 20.7 Å². The minimum absolute atomic E-state index is 0.0312. The van der Waals surface area contributed by atoms with Gasteiger partial charge in [-0.05, 0) is 86.7 Å². The van der Waals surface area contributed by atoms with Gasteiger partial charge in [0, 0.05) is 63.8 Å². The summed E-state index contributed by atoms with van der Waals surface area (Å²) in [6.07, 6.45) is 4.13. The fourth-order valence-electron chi connectivity index (χ4n) is 6.22. The van der Waals surface area contributed by atoms with Crippen molar-refractivity contribution in [3.05, 3.63) is 75.4 Å². The Morgan fingerprint density at radius 3 is 2.26 bits per heavy atom. The number of amides is 5. The number of hydrogen-bond donors (Lipinski definition) is 3. The monoisotopic (exact) mass is 789 g/mol. The minimum Gasteiger partial charge on any atom is -0.506 e. The highest BCUT2D eigenvalue weighted by atomic mass is 79.9. The Labute approximate surface area is 289 Å². The lowest BCUT2D eigenvalue weighted by molar-refractivity contribution is -0.133. The van der Waals surface area contributed by atoms with E-state index < -0.39 is 34.2 Å². The van der Waals surface area contributed by atoms with E-state index in [4.69, 9.17) is 0 Å². The number of sulfonamides is 1. The Bertz CT molecular complexity index is 1760. The van der Waals surface area contributed by atoms with E-state index in [-0.39, 0.29) is 54.6 Å². The number of carbonyl (C=O) groups excluding carboxylic acids is 3. The van der Waals surface area contributed by atoms with Crippen LogP contribution in [0.1, 0.15) is 18.4 Å². The number of benzene rings is 2. The number of likely N-dealkylation sites (tertiary alicyclic amines) is 1. The number of nitrogens with zero attached hydrogens (tertiary/aromatic N) is 5. The average Bonchev–Trinajstić information content (AvgIpc) is 3.07. The number of rotatable bonds is 6. The zero-order chi connectivity index (χ0) is 33.3. The molecule has 0 aliphatic carbocycles. The molecule has 0 radical (unpaired) electrons. The first-order valence-corrected chi connectivity index (χ1v) is 18.2. The predicted octanol–water partition coefficient (Wildman–Crippen LogP) is 3.98. The van der Waals surface area contributed by atoms with Gasteiger partial charge in [-0.1, -0.05) is 12.1 Å². The molecule has 47 heavy (non-hydrogen) atoms. The van der Waals surface area contributed by atoms with Crippen molar-refractivity contribution in [3.63, 3.8) is 0 Å². The maximum absolute atomic E-state index is 13.9. The molecule has 6 rings (SSSR count). The number of urea groups is 2. The molecule has 3 aliphatic rings. The molecule has 2 aromatic carbocycles. The van der Waals surface area contributed by atoms with Gasteiger partial charge in [-0.3, -0.25) is 9.78 Å². The van der Waals surface area contributed by atoms with Crippen LogP contribution in [-0.2, 0) is 21.2 Å². The number of fused-ring (bicyclic) bond motifs is 1. The molecule has 0 unspecified atom stereocenters. The second-order valence-corrected chi connectivity index (χ2v) is 15.1. The molecule has 3 N–H and O–H groups in total. The number of piperidine rings is 1. The van der Waals surface area contributed by atoms with Gasteiger partial charge in [0.15, 0.2) is 0 Å². The zero-order valence-electron chi connectivity index (χ0n) is 25.2. The van der Waals surface area contributed by atoms with Crippen molar-refractivity contribution >= 4 is 71.2 Å². The summed E-state index contributed by atoms with van der Waals surface area (Å²) in [6.45, 7) is 2.57. The summed E-state index contributed by atoms with van der Waals surface area (Å²) in [5.41, 5.74) is 1.99. The van der Waals surface area contributed by atoms with E-state index >= 15 is 0 Å². The quantitative estimate of drug-likeness (QED) is 0.339. The van der Waals surface area contributed by atoms with Crippen LogP contribution in [0, 0.1) is 0 Å². The maximum Gasteiger partial charge on any atom is 0.336 e. The van der Waals surface area contributed by atoms with E-state index in [1.165, 1.54) is 6.07 Å². The molecule has 2 saturated heterocycles. The van der Waals surface area contributed by atoms with Crippen molar-refractivity contribution in [3.8, 4) is 5.75 Å². The van der Waals surface area contributed by atoms with Gasteiger partial charge in [-0.2, -0.15) is 0 Å². The van der Waals surface area contributed by atoms with Crippen LogP contribution in [0.4, 0.5) is 21.0 Å². The molecule has 0 saturated carbocycles. The number of aromatic nitrogens is 1. The van der Waals surface area contributed by atoms with E-state index in [9.17, 15) is 27.9 Å². The summed E-state index contributed by atoms with van der Waals surface area (Å²) >= 11 is 6.69. The number of para-hydroxylation sites is 1. The van der Waals surface area contributed by atoms with E-state index in [0.29, 0.717) is 35.1 Å². The lowest BCUT2D eigenvalue weighted by Crippen LogP contribution is -2.59. The number of carbonyl (C=O) groups is 3. The highest BCUT2D eigenvalue weighted by molar-refractivity contribution is 9.11. The third-order valence-electron chi connectivity index (χ3n) is 8.68. The molecule has 0 spiro atoms. The standard InChI is InChI=1S/C31H33Br2N7O6S/c32-23-17-20(18-24(33)28(23)41)19-26(29(42)38-15-13-37(14-16-38)21-5-9-34-10-6-21)36-30(43)39-11-7-22(8-12-39)40-31(44)35-25-3-1-2-4-27(25)47(40,45)46/h1-6,9-10,17-18,22,26,41H,7-8,11-16,19H2,(H,35,44)(H,36,43)/t26-/m1/s1. The SMILES string of the molecule is O=C(N[C@H](Cc1cc(Br)c(O)c(Br)c1)C(=O)N1CCN(c2ccncc2)CC1)N1CCC(N2C(=O)Nc3ccccc3S2(=O)=O)CC1. The van der Waals surface area contributed by atoms with E-state index in [1.807, 2.05) is 12.1 Å². The topological polar surface area (TPSA) is 155 Å². The molecular formula is C31H33Br2N7O6S. The average molecular weight is 792 g/mol. The lowest BCUT2D eigenvalue weighted by Gasteiger charge is -2.40. The van der Waals surface area contributed by atoms with Crippen LogP contribution in [0.3, 0.4) is 0 Å². The van der Waals surface area contributed by atoms with Crippen molar-refractivity contribution in [2.24, 2.45) is 0 Å². The molecule has 1 aromatic heterocycles. The first kappa shape index (κ1) is 33.0. The third kappa shape index (κ3) is 6.90. The van der Waals surface area contributed by atoms with Gasteiger partial charge >= 0.3 is 12.1 Å². The maximum atomic E-state index is 13.9. The van der Waals surface area contributed by atoms with Crippen LogP contribution < -0.4 is 15.5 Å². The number of halogens is 2. The zero-order valence-corrected chi connectivity index (χ0v) is 29.2. The summed E-state index contributed by atoms with van der Waals surface area (Å²) in [6, 6.07) is 10.8. The van der Waals surface area contributed by atoms with E-state index in [1.54, 1.807) is 52.5 Å². The summed E-state index contributed by atoms with van der Waals surface area (Å²) in [5, 5.41) is 15.8. The first-order valence-electron chi connectivity index (χ1n) is 15.1. The molecule has 2 fully saturated rings. The Kier molecular flexibility index (Phi) is 9.62. The van der Waals surface area contributed by atoms with E-state index in [0.717, 1.165) is 15.6 Å². The van der Waals surface area contributed by atoms with Gasteiger partial charge in [-0.25, -0.2) is 22.3 Å². The molecule has 5 amide bonds.